The van der Waals surface area contributed by atoms with Crippen molar-refractivity contribution in [3.05, 3.63) is 54.6 Å². The lowest BCUT2D eigenvalue weighted by Crippen LogP contribution is -2.34. The number of benzene rings is 2. The van der Waals surface area contributed by atoms with Crippen molar-refractivity contribution in [2.75, 3.05) is 10.6 Å². The molecule has 0 saturated carbocycles. The first-order valence-electron chi connectivity index (χ1n) is 6.94. The molecule has 4 amide bonds. The van der Waals surface area contributed by atoms with Crippen molar-refractivity contribution in [3.8, 4) is 0 Å². The van der Waals surface area contributed by atoms with Crippen molar-refractivity contribution in [1.29, 1.82) is 0 Å². The van der Waals surface area contributed by atoms with Gasteiger partial charge in [-0.1, -0.05) is 18.2 Å². The number of hydrogen-bond donors (Lipinski definition) is 5. The Morgan fingerprint density at radius 3 is 1.85 bits per heavy atom. The van der Waals surface area contributed by atoms with Crippen LogP contribution in [0.1, 0.15) is 0 Å². The summed E-state index contributed by atoms with van der Waals surface area (Å²) < 4.78 is 46.6. The molecule has 0 bridgehead atoms. The second-order valence-corrected chi connectivity index (χ2v) is 7.14. The average molecular weight is 398 g/mol. The van der Waals surface area contributed by atoms with Crippen LogP contribution in [0.4, 0.5) is 21.0 Å². The Labute approximate surface area is 151 Å². The van der Waals surface area contributed by atoms with Gasteiger partial charge in [-0.2, -0.15) is 0 Å². The molecule has 0 spiro atoms. The molecular weight excluding hydrogens is 384 g/mol. The molecule has 0 aromatic heterocycles. The van der Waals surface area contributed by atoms with Gasteiger partial charge < -0.3 is 10.6 Å². The van der Waals surface area contributed by atoms with Gasteiger partial charge in [0, 0.05) is 11.4 Å². The Balaban J connectivity index is 1.95. The standard InChI is InChI=1S/C14H14N4O6S2/c19-13(17-25(21)22)15-10-6-8-11(9-7-10)16-14(20)18-26(23,24)12-4-2-1-3-5-12/h1-9H,(H,21,22)(H2,15,17,19)(H2,16,18,20). The number of amides is 4. The zero-order chi connectivity index (χ0) is 19.2. The van der Waals surface area contributed by atoms with E-state index in [1.807, 2.05) is 4.72 Å². The number of rotatable bonds is 5. The average Bonchev–Trinajstić information content (AvgIpc) is 2.56. The minimum absolute atomic E-state index is 0.0537. The Bertz CT molecular complexity index is 916. The maximum atomic E-state index is 12.0. The highest BCUT2D eigenvalue weighted by molar-refractivity contribution is 7.90. The van der Waals surface area contributed by atoms with Gasteiger partial charge in [-0.3, -0.25) is 4.55 Å². The highest BCUT2D eigenvalue weighted by Crippen LogP contribution is 2.14. The molecule has 12 heteroatoms. The molecule has 5 N–H and O–H groups in total. The lowest BCUT2D eigenvalue weighted by molar-refractivity contribution is 0.255. The molecule has 0 saturated heterocycles. The van der Waals surface area contributed by atoms with Crippen LogP contribution < -0.4 is 20.1 Å². The summed E-state index contributed by atoms with van der Waals surface area (Å²) in [5.41, 5.74) is 0.554. The van der Waals surface area contributed by atoms with Crippen LogP contribution in [-0.2, 0) is 21.3 Å². The van der Waals surface area contributed by atoms with Crippen molar-refractivity contribution in [3.63, 3.8) is 0 Å². The number of hydrogen-bond acceptors (Lipinski definition) is 5. The summed E-state index contributed by atoms with van der Waals surface area (Å²) in [7, 11) is -4.00. The van der Waals surface area contributed by atoms with E-state index in [9.17, 15) is 22.2 Å². The van der Waals surface area contributed by atoms with E-state index in [4.69, 9.17) is 4.55 Å². The van der Waals surface area contributed by atoms with E-state index >= 15 is 0 Å². The first-order chi connectivity index (χ1) is 12.3. The van der Waals surface area contributed by atoms with Gasteiger partial charge in [-0.15, -0.1) is 0 Å². The summed E-state index contributed by atoms with van der Waals surface area (Å²) >= 11 is -2.49. The van der Waals surface area contributed by atoms with Gasteiger partial charge in [0.15, 0.2) is 0 Å². The fraction of sp³-hybridized carbons (Fsp3) is 0. The van der Waals surface area contributed by atoms with Gasteiger partial charge in [0.1, 0.15) is 0 Å². The van der Waals surface area contributed by atoms with Crippen LogP contribution in [0.15, 0.2) is 59.5 Å². The van der Waals surface area contributed by atoms with Crippen molar-refractivity contribution >= 4 is 44.7 Å². The molecule has 0 aliphatic heterocycles. The monoisotopic (exact) mass is 398 g/mol. The topological polar surface area (TPSA) is 154 Å². The third-order valence-corrected chi connectivity index (χ3v) is 4.57. The van der Waals surface area contributed by atoms with E-state index < -0.39 is 33.4 Å². The van der Waals surface area contributed by atoms with Crippen LogP contribution in [0.2, 0.25) is 0 Å². The second kappa shape index (κ2) is 8.42. The molecule has 1 atom stereocenters. The minimum Gasteiger partial charge on any atom is -0.307 e. The Hall–Kier alpha value is -2.96. The third-order valence-electron chi connectivity index (χ3n) is 2.86. The van der Waals surface area contributed by atoms with Crippen LogP contribution in [0.25, 0.3) is 0 Å². The fourth-order valence-corrected chi connectivity index (χ4v) is 2.95. The molecule has 2 aromatic carbocycles. The molecule has 0 fully saturated rings. The summed E-state index contributed by atoms with van der Waals surface area (Å²) in [4.78, 5) is 23.0. The highest BCUT2D eigenvalue weighted by Gasteiger charge is 2.17. The Morgan fingerprint density at radius 2 is 1.35 bits per heavy atom. The SMILES string of the molecule is O=C(Nc1ccc(NC(=O)NS(=O)(=O)c2ccccc2)cc1)NS(=O)O. The zero-order valence-corrected chi connectivity index (χ0v) is 14.6. The molecule has 26 heavy (non-hydrogen) atoms. The van der Waals surface area contributed by atoms with Gasteiger partial charge in [0.05, 0.1) is 4.90 Å². The molecule has 2 aromatic rings. The largest absolute Gasteiger partial charge is 0.333 e. The molecule has 10 nitrogen and oxygen atoms in total. The summed E-state index contributed by atoms with van der Waals surface area (Å²) in [5.74, 6) is 0. The summed E-state index contributed by atoms with van der Waals surface area (Å²) in [5, 5.41) is 4.62. The van der Waals surface area contributed by atoms with E-state index in [0.717, 1.165) is 0 Å². The third kappa shape index (κ3) is 5.84. The highest BCUT2D eigenvalue weighted by atomic mass is 32.2. The predicted molar refractivity (Wildman–Crippen MR) is 95.1 cm³/mol. The van der Waals surface area contributed by atoms with E-state index in [-0.39, 0.29) is 16.3 Å². The first kappa shape index (κ1) is 19.4. The molecule has 0 aliphatic carbocycles. The molecule has 0 aliphatic rings. The minimum atomic E-state index is -4.00. The van der Waals surface area contributed by atoms with Crippen molar-refractivity contribution < 1.29 is 26.8 Å². The van der Waals surface area contributed by atoms with E-state index in [2.05, 4.69) is 10.6 Å². The first-order valence-corrected chi connectivity index (χ1v) is 9.53. The second-order valence-electron chi connectivity index (χ2n) is 4.76. The molecule has 0 radical (unpaired) electrons. The van der Waals surface area contributed by atoms with Crippen molar-refractivity contribution in [2.24, 2.45) is 0 Å². The zero-order valence-electron chi connectivity index (χ0n) is 13.0. The molecule has 138 valence electrons. The predicted octanol–water partition coefficient (Wildman–Crippen LogP) is 1.46. The van der Waals surface area contributed by atoms with Gasteiger partial charge in [-0.05, 0) is 36.4 Å². The fourth-order valence-electron chi connectivity index (χ4n) is 1.81. The van der Waals surface area contributed by atoms with Crippen LogP contribution in [0.3, 0.4) is 0 Å². The quantitative estimate of drug-likeness (QED) is 0.480. The molecule has 0 heterocycles. The lowest BCUT2D eigenvalue weighted by Gasteiger charge is -2.09. The number of carbonyl (C=O) groups is 2. The number of urea groups is 2. The van der Waals surface area contributed by atoms with Crippen LogP contribution >= 0.6 is 0 Å². The summed E-state index contributed by atoms with van der Waals surface area (Å²) in [6.45, 7) is 0. The maximum absolute atomic E-state index is 12.0. The smallest absolute Gasteiger partial charge is 0.307 e. The number of anilines is 2. The molecule has 1 unspecified atom stereocenters. The Kier molecular flexibility index (Phi) is 6.27. The van der Waals surface area contributed by atoms with Gasteiger partial charge >= 0.3 is 12.1 Å². The summed E-state index contributed by atoms with van der Waals surface area (Å²) in [6, 6.07) is 11.2. The van der Waals surface area contributed by atoms with Crippen molar-refractivity contribution in [2.45, 2.75) is 4.90 Å². The lowest BCUT2D eigenvalue weighted by atomic mass is 10.3. The van der Waals surface area contributed by atoms with Gasteiger partial charge in [-0.25, -0.2) is 31.7 Å². The van der Waals surface area contributed by atoms with Crippen molar-refractivity contribution in [1.82, 2.24) is 9.44 Å². The van der Waals surface area contributed by atoms with Crippen LogP contribution in [0.5, 0.6) is 0 Å². The van der Waals surface area contributed by atoms with Crippen LogP contribution in [0, 0.1) is 0 Å². The van der Waals surface area contributed by atoms with E-state index in [0.29, 0.717) is 0 Å². The van der Waals surface area contributed by atoms with E-state index in [1.165, 1.54) is 48.5 Å². The summed E-state index contributed by atoms with van der Waals surface area (Å²) in [6.07, 6.45) is 0. The normalized spacial score (nSPS) is 11.9. The van der Waals surface area contributed by atoms with Gasteiger partial charge in [0.25, 0.3) is 21.3 Å². The number of carbonyl (C=O) groups excluding carboxylic acids is 2. The molecule has 2 rings (SSSR count). The van der Waals surface area contributed by atoms with Gasteiger partial charge in [0.2, 0.25) is 0 Å². The maximum Gasteiger partial charge on any atom is 0.333 e. The van der Waals surface area contributed by atoms with Crippen LogP contribution in [-0.4, -0.2) is 29.2 Å². The van der Waals surface area contributed by atoms with E-state index in [1.54, 1.807) is 10.8 Å². The number of nitrogens with one attached hydrogen (secondary N) is 4. The molecular formula is C14H14N4O6S2. The Morgan fingerprint density at radius 1 is 0.846 bits per heavy atom. The number of sulfonamides is 1.